The Hall–Kier alpha value is -2.83. The molecule has 3 rings (SSSR count). The smallest absolute Gasteiger partial charge is 0.159 e. The molecule has 0 aliphatic heterocycles. The van der Waals surface area contributed by atoms with Crippen LogP contribution in [0.5, 0.6) is 0 Å². The van der Waals surface area contributed by atoms with Crippen molar-refractivity contribution in [2.75, 3.05) is 5.32 Å². The van der Waals surface area contributed by atoms with Crippen LogP contribution in [0, 0.1) is 25.5 Å². The number of rotatable bonds is 4. The zero-order chi connectivity index (χ0) is 16.4. The van der Waals surface area contributed by atoms with E-state index in [-0.39, 0.29) is 12.1 Å². The summed E-state index contributed by atoms with van der Waals surface area (Å²) in [7, 11) is 0. The van der Waals surface area contributed by atoms with E-state index >= 15 is 0 Å². The quantitative estimate of drug-likeness (QED) is 0.803. The summed E-state index contributed by atoms with van der Waals surface area (Å²) in [5.41, 5.74) is 1.79. The Labute approximate surface area is 132 Å². The Kier molecular flexibility index (Phi) is 4.01. The molecule has 0 saturated heterocycles. The molecule has 1 aromatic carbocycles. The van der Waals surface area contributed by atoms with E-state index in [9.17, 15) is 8.78 Å². The van der Waals surface area contributed by atoms with E-state index in [1.165, 1.54) is 24.5 Å². The first-order valence-corrected chi connectivity index (χ1v) is 7.07. The van der Waals surface area contributed by atoms with E-state index in [2.05, 4.69) is 20.4 Å². The lowest BCUT2D eigenvalue weighted by Crippen LogP contribution is -2.08. The van der Waals surface area contributed by atoms with Gasteiger partial charge in [-0.2, -0.15) is 5.10 Å². The molecule has 0 amide bonds. The molecule has 0 unspecified atom stereocenters. The van der Waals surface area contributed by atoms with Gasteiger partial charge < -0.3 is 5.32 Å². The predicted molar refractivity (Wildman–Crippen MR) is 82.3 cm³/mol. The molecular weight excluding hydrogens is 300 g/mol. The summed E-state index contributed by atoms with van der Waals surface area (Å²) in [6.45, 7) is 3.81. The third-order valence-corrected chi connectivity index (χ3v) is 3.39. The van der Waals surface area contributed by atoms with Gasteiger partial charge in [0, 0.05) is 23.9 Å². The lowest BCUT2D eigenvalue weighted by molar-refractivity contribution is 0.560. The molecule has 2 heterocycles. The topological polar surface area (TPSA) is 55.6 Å². The van der Waals surface area contributed by atoms with E-state index in [0.29, 0.717) is 11.6 Å². The van der Waals surface area contributed by atoms with Crippen molar-refractivity contribution in [3.05, 3.63) is 65.2 Å². The van der Waals surface area contributed by atoms with Gasteiger partial charge in [-0.3, -0.25) is 0 Å². The van der Waals surface area contributed by atoms with Crippen molar-refractivity contribution in [1.29, 1.82) is 0 Å². The van der Waals surface area contributed by atoms with Crippen LogP contribution in [0.2, 0.25) is 0 Å². The van der Waals surface area contributed by atoms with Gasteiger partial charge in [-0.1, -0.05) is 6.07 Å². The Morgan fingerprint density at radius 2 is 1.83 bits per heavy atom. The van der Waals surface area contributed by atoms with Crippen LogP contribution in [0.15, 0.2) is 36.7 Å². The zero-order valence-electron chi connectivity index (χ0n) is 12.7. The number of aryl methyl sites for hydroxylation is 2. The number of aromatic nitrogens is 4. The van der Waals surface area contributed by atoms with Gasteiger partial charge >= 0.3 is 0 Å². The van der Waals surface area contributed by atoms with Crippen LogP contribution in [0.3, 0.4) is 0 Å². The number of nitrogens with one attached hydrogen (secondary N) is 1. The van der Waals surface area contributed by atoms with Crippen LogP contribution in [0.25, 0.3) is 5.82 Å². The van der Waals surface area contributed by atoms with E-state index < -0.39 is 11.6 Å². The first-order chi connectivity index (χ1) is 11.0. The van der Waals surface area contributed by atoms with Gasteiger partial charge in [0.1, 0.15) is 23.8 Å². The number of anilines is 1. The predicted octanol–water partition coefficient (Wildman–Crippen LogP) is 3.17. The number of benzene rings is 1. The van der Waals surface area contributed by atoms with Gasteiger partial charge in [0.15, 0.2) is 5.82 Å². The monoisotopic (exact) mass is 315 g/mol. The molecule has 0 radical (unpaired) electrons. The number of hydrogen-bond acceptors (Lipinski definition) is 4. The second-order valence-corrected chi connectivity index (χ2v) is 5.15. The summed E-state index contributed by atoms with van der Waals surface area (Å²) in [6, 6.07) is 7.39. The van der Waals surface area contributed by atoms with Crippen LogP contribution in [-0.4, -0.2) is 19.7 Å². The lowest BCUT2D eigenvalue weighted by Gasteiger charge is -2.09. The highest BCUT2D eigenvalue weighted by Crippen LogP contribution is 2.16. The van der Waals surface area contributed by atoms with Gasteiger partial charge in [-0.25, -0.2) is 23.4 Å². The van der Waals surface area contributed by atoms with Gasteiger partial charge in [-0.05, 0) is 32.0 Å². The van der Waals surface area contributed by atoms with E-state index in [1.807, 2.05) is 19.9 Å². The molecule has 23 heavy (non-hydrogen) atoms. The average molecular weight is 315 g/mol. The maximum Gasteiger partial charge on any atom is 0.159 e. The fourth-order valence-corrected chi connectivity index (χ4v) is 2.30. The second kappa shape index (κ2) is 6.12. The molecule has 3 aromatic rings. The van der Waals surface area contributed by atoms with Crippen LogP contribution >= 0.6 is 0 Å². The molecule has 0 bridgehead atoms. The molecule has 7 heteroatoms. The van der Waals surface area contributed by atoms with Crippen molar-refractivity contribution in [2.24, 2.45) is 0 Å². The SMILES string of the molecule is Cc1cc(C)n(-c2cc(NCc3c(F)cccc3F)ncn2)n1. The summed E-state index contributed by atoms with van der Waals surface area (Å²) in [5.74, 6) is -0.136. The highest BCUT2D eigenvalue weighted by Gasteiger charge is 2.10. The Bertz CT molecular complexity index is 824. The maximum atomic E-state index is 13.6. The average Bonchev–Trinajstić information content (AvgIpc) is 2.86. The van der Waals surface area contributed by atoms with Crippen LogP contribution in [0.1, 0.15) is 17.0 Å². The van der Waals surface area contributed by atoms with Crippen molar-refractivity contribution in [3.8, 4) is 5.82 Å². The van der Waals surface area contributed by atoms with Crippen molar-refractivity contribution in [1.82, 2.24) is 19.7 Å². The number of hydrogen-bond donors (Lipinski definition) is 1. The molecule has 118 valence electrons. The Balaban J connectivity index is 1.82. The molecule has 0 saturated carbocycles. The molecular formula is C16H15F2N5. The minimum atomic E-state index is -0.592. The van der Waals surface area contributed by atoms with E-state index in [0.717, 1.165) is 11.4 Å². The molecule has 0 fully saturated rings. The largest absolute Gasteiger partial charge is 0.366 e. The normalized spacial score (nSPS) is 10.8. The minimum Gasteiger partial charge on any atom is -0.366 e. The molecule has 0 aliphatic carbocycles. The molecule has 2 aromatic heterocycles. The van der Waals surface area contributed by atoms with Gasteiger partial charge in [0.05, 0.1) is 5.69 Å². The maximum absolute atomic E-state index is 13.6. The van der Waals surface area contributed by atoms with Crippen molar-refractivity contribution >= 4 is 5.82 Å². The molecule has 1 N–H and O–H groups in total. The second-order valence-electron chi connectivity index (χ2n) is 5.15. The Morgan fingerprint density at radius 1 is 1.09 bits per heavy atom. The molecule has 0 atom stereocenters. The minimum absolute atomic E-state index is 0.00786. The third kappa shape index (κ3) is 3.18. The first-order valence-electron chi connectivity index (χ1n) is 7.07. The van der Waals surface area contributed by atoms with Crippen LogP contribution < -0.4 is 5.32 Å². The van der Waals surface area contributed by atoms with Crippen LogP contribution in [-0.2, 0) is 6.54 Å². The summed E-state index contributed by atoms with van der Waals surface area (Å²) in [6.07, 6.45) is 1.38. The number of halogens is 2. The first kappa shape index (κ1) is 15.1. The molecule has 0 spiro atoms. The summed E-state index contributed by atoms with van der Waals surface area (Å²) in [5, 5.41) is 7.25. The highest BCUT2D eigenvalue weighted by atomic mass is 19.1. The van der Waals surface area contributed by atoms with Gasteiger partial charge in [0.25, 0.3) is 0 Å². The molecule has 5 nitrogen and oxygen atoms in total. The van der Waals surface area contributed by atoms with E-state index in [4.69, 9.17) is 0 Å². The Morgan fingerprint density at radius 3 is 2.48 bits per heavy atom. The standard InChI is InChI=1S/C16H15F2N5/c1-10-6-11(2)23(22-10)16-7-15(20-9-21-16)19-8-12-13(17)4-3-5-14(12)18/h3-7,9H,8H2,1-2H3,(H,19,20,21). The third-order valence-electron chi connectivity index (χ3n) is 3.39. The van der Waals surface area contributed by atoms with E-state index in [1.54, 1.807) is 10.7 Å². The fraction of sp³-hybridized carbons (Fsp3) is 0.188. The van der Waals surface area contributed by atoms with Crippen molar-refractivity contribution in [2.45, 2.75) is 20.4 Å². The highest BCUT2D eigenvalue weighted by molar-refractivity contribution is 5.41. The van der Waals surface area contributed by atoms with Gasteiger partial charge in [0.2, 0.25) is 0 Å². The van der Waals surface area contributed by atoms with Crippen molar-refractivity contribution < 1.29 is 8.78 Å². The zero-order valence-corrected chi connectivity index (χ0v) is 12.7. The van der Waals surface area contributed by atoms with Crippen molar-refractivity contribution in [3.63, 3.8) is 0 Å². The summed E-state index contributed by atoms with van der Waals surface area (Å²) in [4.78, 5) is 8.24. The summed E-state index contributed by atoms with van der Waals surface area (Å²) < 4.78 is 28.9. The van der Waals surface area contributed by atoms with Crippen LogP contribution in [0.4, 0.5) is 14.6 Å². The summed E-state index contributed by atoms with van der Waals surface area (Å²) >= 11 is 0. The molecule has 0 aliphatic rings. The van der Waals surface area contributed by atoms with Gasteiger partial charge in [-0.15, -0.1) is 0 Å². The number of nitrogens with zero attached hydrogens (tertiary/aromatic N) is 4. The lowest BCUT2D eigenvalue weighted by atomic mass is 10.2. The fourth-order valence-electron chi connectivity index (χ4n) is 2.30.